The van der Waals surface area contributed by atoms with E-state index in [-0.39, 0.29) is 5.56 Å². The molecule has 0 atom stereocenters. The van der Waals surface area contributed by atoms with Crippen LogP contribution in [0.1, 0.15) is 15.9 Å². The summed E-state index contributed by atoms with van der Waals surface area (Å²) in [7, 11) is 1.63. The van der Waals surface area contributed by atoms with E-state index in [0.717, 1.165) is 11.3 Å². The lowest BCUT2D eigenvalue weighted by Gasteiger charge is -2.10. The summed E-state index contributed by atoms with van der Waals surface area (Å²) in [5, 5.41) is 15.4. The molecule has 1 heterocycles. The molecule has 7 heteroatoms. The van der Waals surface area contributed by atoms with E-state index in [1.165, 1.54) is 6.07 Å². The van der Waals surface area contributed by atoms with Gasteiger partial charge in [0, 0.05) is 12.7 Å². The molecule has 3 rings (SSSR count). The molecule has 0 amide bonds. The molecule has 0 radical (unpaired) electrons. The minimum Gasteiger partial charge on any atom is -0.497 e. The van der Waals surface area contributed by atoms with Crippen LogP contribution in [0.5, 0.6) is 5.75 Å². The Bertz CT molecular complexity index is 897. The van der Waals surface area contributed by atoms with Crippen LogP contribution in [0, 0.1) is 0 Å². The molecule has 26 heavy (non-hydrogen) atoms. The third-order valence-electron chi connectivity index (χ3n) is 3.69. The van der Waals surface area contributed by atoms with Crippen molar-refractivity contribution in [2.24, 2.45) is 0 Å². The number of rotatable bonds is 7. The van der Waals surface area contributed by atoms with Gasteiger partial charge >= 0.3 is 5.97 Å². The third kappa shape index (κ3) is 4.27. The van der Waals surface area contributed by atoms with Gasteiger partial charge in [0.05, 0.1) is 18.4 Å². The topological polar surface area (TPSA) is 96.4 Å². The molecule has 7 nitrogen and oxygen atoms in total. The number of hydrogen-bond donors (Lipinski definition) is 3. The fourth-order valence-corrected chi connectivity index (χ4v) is 2.35. The first-order chi connectivity index (χ1) is 12.7. The second-order valence-corrected chi connectivity index (χ2v) is 5.44. The maximum absolute atomic E-state index is 11.3. The van der Waals surface area contributed by atoms with Gasteiger partial charge in [-0.05, 0) is 35.9 Å². The number of aromatic carboxylic acids is 1. The summed E-state index contributed by atoms with van der Waals surface area (Å²) in [5.74, 6) is 0.748. The number of nitrogens with zero attached hydrogens (tertiary/aromatic N) is 2. The van der Waals surface area contributed by atoms with E-state index in [4.69, 9.17) is 4.74 Å². The molecule has 2 aromatic carbocycles. The van der Waals surface area contributed by atoms with E-state index in [2.05, 4.69) is 20.6 Å². The molecule has 0 bridgehead atoms. The van der Waals surface area contributed by atoms with Crippen LogP contribution >= 0.6 is 0 Å². The van der Waals surface area contributed by atoms with Gasteiger partial charge in [0.1, 0.15) is 11.6 Å². The first-order valence-electron chi connectivity index (χ1n) is 7.95. The molecule has 0 saturated carbocycles. The first-order valence-corrected chi connectivity index (χ1v) is 7.95. The Morgan fingerprint density at radius 2 is 1.88 bits per heavy atom. The van der Waals surface area contributed by atoms with Gasteiger partial charge in [-0.25, -0.2) is 9.78 Å². The molecule has 0 aliphatic carbocycles. The maximum Gasteiger partial charge on any atom is 0.337 e. The summed E-state index contributed by atoms with van der Waals surface area (Å²) in [6.07, 6.45) is 1.61. The number of ether oxygens (including phenoxy) is 1. The van der Waals surface area contributed by atoms with Crippen LogP contribution in [0.3, 0.4) is 0 Å². The molecule has 0 aliphatic heterocycles. The van der Waals surface area contributed by atoms with Crippen molar-refractivity contribution >= 4 is 23.4 Å². The van der Waals surface area contributed by atoms with Crippen LogP contribution in [0.4, 0.5) is 17.5 Å². The summed E-state index contributed by atoms with van der Waals surface area (Å²) in [4.78, 5) is 19.8. The Balaban J connectivity index is 1.69. The average Bonchev–Trinajstić information content (AvgIpc) is 2.67. The average molecular weight is 350 g/mol. The van der Waals surface area contributed by atoms with E-state index in [0.29, 0.717) is 24.0 Å². The van der Waals surface area contributed by atoms with E-state index in [9.17, 15) is 9.90 Å². The zero-order chi connectivity index (χ0) is 18.4. The van der Waals surface area contributed by atoms with Gasteiger partial charge in [-0.1, -0.05) is 24.3 Å². The highest BCUT2D eigenvalue weighted by Crippen LogP contribution is 2.20. The molecule has 0 unspecified atom stereocenters. The van der Waals surface area contributed by atoms with Gasteiger partial charge in [-0.15, -0.1) is 0 Å². The summed E-state index contributed by atoms with van der Waals surface area (Å²) in [6.45, 7) is 0.555. The van der Waals surface area contributed by atoms with E-state index in [1.807, 2.05) is 24.3 Å². The number of anilines is 3. The number of aromatic nitrogens is 2. The van der Waals surface area contributed by atoms with Crippen molar-refractivity contribution in [3.8, 4) is 5.75 Å². The molecule has 3 aromatic rings. The smallest absolute Gasteiger partial charge is 0.337 e. The van der Waals surface area contributed by atoms with Crippen LogP contribution in [0.15, 0.2) is 60.8 Å². The second kappa shape index (κ2) is 7.98. The fourth-order valence-electron chi connectivity index (χ4n) is 2.35. The third-order valence-corrected chi connectivity index (χ3v) is 3.69. The van der Waals surface area contributed by atoms with E-state index in [1.54, 1.807) is 37.6 Å². The maximum atomic E-state index is 11.3. The quantitative estimate of drug-likeness (QED) is 0.600. The molecule has 3 N–H and O–H groups in total. The lowest BCUT2D eigenvalue weighted by atomic mass is 10.2. The largest absolute Gasteiger partial charge is 0.497 e. The van der Waals surface area contributed by atoms with Crippen LogP contribution < -0.4 is 15.4 Å². The van der Waals surface area contributed by atoms with Crippen LogP contribution in [-0.2, 0) is 6.54 Å². The number of hydrogen-bond acceptors (Lipinski definition) is 6. The molecule has 132 valence electrons. The number of benzene rings is 2. The molecular formula is C19H18N4O3. The van der Waals surface area contributed by atoms with Crippen LogP contribution in [-0.4, -0.2) is 28.2 Å². The number of para-hydroxylation sites is 1. The van der Waals surface area contributed by atoms with Gasteiger partial charge < -0.3 is 20.5 Å². The lowest BCUT2D eigenvalue weighted by Crippen LogP contribution is -2.06. The Kier molecular flexibility index (Phi) is 5.28. The summed E-state index contributed by atoms with van der Waals surface area (Å²) < 4.78 is 5.14. The highest BCUT2D eigenvalue weighted by Gasteiger charge is 2.09. The summed E-state index contributed by atoms with van der Waals surface area (Å²) in [6, 6.07) is 16.0. The minimum atomic E-state index is -1.000. The molecular weight excluding hydrogens is 332 g/mol. The SMILES string of the molecule is COc1ccc(CNc2nccc(Nc3ccccc3C(=O)O)n2)cc1. The van der Waals surface area contributed by atoms with Crippen molar-refractivity contribution in [1.82, 2.24) is 9.97 Å². The number of methoxy groups -OCH3 is 1. The Morgan fingerprint density at radius 3 is 2.62 bits per heavy atom. The highest BCUT2D eigenvalue weighted by molar-refractivity contribution is 5.94. The second-order valence-electron chi connectivity index (χ2n) is 5.44. The molecule has 0 spiro atoms. The predicted octanol–water partition coefficient (Wildman–Crippen LogP) is 3.54. The standard InChI is InChI=1S/C19H18N4O3/c1-26-14-8-6-13(7-9-14)12-21-19-20-11-10-17(23-19)22-16-5-3-2-4-15(16)18(24)25/h2-11H,12H2,1H3,(H,24,25)(H2,20,21,22,23). The Morgan fingerprint density at radius 1 is 1.12 bits per heavy atom. The van der Waals surface area contributed by atoms with Gasteiger partial charge in [0.25, 0.3) is 0 Å². The Labute approximate surface area is 150 Å². The van der Waals surface area contributed by atoms with Crippen LogP contribution in [0.25, 0.3) is 0 Å². The number of nitrogens with one attached hydrogen (secondary N) is 2. The zero-order valence-electron chi connectivity index (χ0n) is 14.1. The molecule has 0 aliphatic rings. The summed E-state index contributed by atoms with van der Waals surface area (Å²) >= 11 is 0. The number of carboxylic acid groups (broad SMARTS) is 1. The fraction of sp³-hybridized carbons (Fsp3) is 0.105. The molecule has 0 fully saturated rings. The molecule has 1 aromatic heterocycles. The monoisotopic (exact) mass is 350 g/mol. The van der Waals surface area contributed by atoms with Crippen molar-refractivity contribution < 1.29 is 14.6 Å². The lowest BCUT2D eigenvalue weighted by molar-refractivity contribution is 0.0698. The minimum absolute atomic E-state index is 0.179. The highest BCUT2D eigenvalue weighted by atomic mass is 16.5. The molecule has 0 saturated heterocycles. The first kappa shape index (κ1) is 17.2. The van der Waals surface area contributed by atoms with Crippen molar-refractivity contribution in [3.63, 3.8) is 0 Å². The Hall–Kier alpha value is -3.61. The zero-order valence-corrected chi connectivity index (χ0v) is 14.1. The normalized spacial score (nSPS) is 10.2. The number of carboxylic acids is 1. The van der Waals surface area contributed by atoms with Gasteiger partial charge in [0.15, 0.2) is 0 Å². The van der Waals surface area contributed by atoms with E-state index >= 15 is 0 Å². The number of carbonyl (C=O) groups is 1. The van der Waals surface area contributed by atoms with Crippen molar-refractivity contribution in [2.45, 2.75) is 6.54 Å². The van der Waals surface area contributed by atoms with Gasteiger partial charge in [-0.3, -0.25) is 0 Å². The van der Waals surface area contributed by atoms with Crippen molar-refractivity contribution in [1.29, 1.82) is 0 Å². The van der Waals surface area contributed by atoms with Gasteiger partial charge in [-0.2, -0.15) is 4.98 Å². The predicted molar refractivity (Wildman–Crippen MR) is 99.0 cm³/mol. The summed E-state index contributed by atoms with van der Waals surface area (Å²) in [5.41, 5.74) is 1.71. The van der Waals surface area contributed by atoms with Gasteiger partial charge in [0.2, 0.25) is 5.95 Å². The van der Waals surface area contributed by atoms with Crippen LogP contribution in [0.2, 0.25) is 0 Å². The van der Waals surface area contributed by atoms with E-state index < -0.39 is 5.97 Å². The van der Waals surface area contributed by atoms with Crippen molar-refractivity contribution in [3.05, 3.63) is 71.9 Å². The van der Waals surface area contributed by atoms with Crippen molar-refractivity contribution in [2.75, 3.05) is 17.7 Å².